The summed E-state index contributed by atoms with van der Waals surface area (Å²) in [6.07, 6.45) is 0. The predicted molar refractivity (Wildman–Crippen MR) is 102 cm³/mol. The SMILES string of the molecule is Nc1ccc(C(=O)NC(=O)NC(c2ccccc2)c2ccccc2)cc1. The van der Waals surface area contributed by atoms with Gasteiger partial charge in [0.1, 0.15) is 0 Å². The van der Waals surface area contributed by atoms with Crippen molar-refractivity contribution in [1.29, 1.82) is 0 Å². The minimum atomic E-state index is -0.565. The summed E-state index contributed by atoms with van der Waals surface area (Å²) in [6, 6.07) is 24.6. The van der Waals surface area contributed by atoms with Gasteiger partial charge in [-0.2, -0.15) is 0 Å². The molecular weight excluding hydrogens is 326 g/mol. The highest BCUT2D eigenvalue weighted by Crippen LogP contribution is 2.21. The maximum atomic E-state index is 12.4. The Morgan fingerprint density at radius 3 is 1.73 bits per heavy atom. The predicted octanol–water partition coefficient (Wildman–Crippen LogP) is 3.50. The molecule has 130 valence electrons. The second-order valence-electron chi connectivity index (χ2n) is 5.80. The molecule has 0 saturated carbocycles. The number of hydrogen-bond acceptors (Lipinski definition) is 3. The van der Waals surface area contributed by atoms with Gasteiger partial charge in [-0.1, -0.05) is 60.7 Å². The Morgan fingerprint density at radius 1 is 0.731 bits per heavy atom. The number of rotatable bonds is 4. The lowest BCUT2D eigenvalue weighted by atomic mass is 9.99. The molecule has 0 bridgehead atoms. The van der Waals surface area contributed by atoms with Crippen LogP contribution in [0.5, 0.6) is 0 Å². The highest BCUT2D eigenvalue weighted by atomic mass is 16.2. The number of hydrogen-bond donors (Lipinski definition) is 3. The fourth-order valence-corrected chi connectivity index (χ4v) is 2.63. The first-order chi connectivity index (χ1) is 12.6. The molecule has 0 aliphatic heterocycles. The number of benzene rings is 3. The maximum Gasteiger partial charge on any atom is 0.322 e. The third-order valence-electron chi connectivity index (χ3n) is 3.94. The normalized spacial score (nSPS) is 10.3. The molecule has 3 rings (SSSR count). The van der Waals surface area contributed by atoms with E-state index >= 15 is 0 Å². The van der Waals surface area contributed by atoms with Crippen LogP contribution in [0.3, 0.4) is 0 Å². The van der Waals surface area contributed by atoms with Crippen LogP contribution < -0.4 is 16.4 Å². The van der Waals surface area contributed by atoms with Crippen LogP contribution >= 0.6 is 0 Å². The second kappa shape index (κ2) is 7.98. The van der Waals surface area contributed by atoms with E-state index in [0.717, 1.165) is 11.1 Å². The van der Waals surface area contributed by atoms with Gasteiger partial charge in [-0.05, 0) is 35.4 Å². The van der Waals surface area contributed by atoms with E-state index in [2.05, 4.69) is 10.6 Å². The van der Waals surface area contributed by atoms with Crippen LogP contribution in [0.4, 0.5) is 10.5 Å². The molecule has 0 fully saturated rings. The molecule has 5 heteroatoms. The lowest BCUT2D eigenvalue weighted by Gasteiger charge is -2.20. The van der Waals surface area contributed by atoms with Crippen molar-refractivity contribution in [1.82, 2.24) is 10.6 Å². The van der Waals surface area contributed by atoms with Crippen LogP contribution in [0.25, 0.3) is 0 Å². The number of nitrogen functional groups attached to an aromatic ring is 1. The average Bonchev–Trinajstić information content (AvgIpc) is 2.68. The van der Waals surface area contributed by atoms with E-state index in [1.807, 2.05) is 60.7 Å². The molecule has 3 aromatic rings. The quantitative estimate of drug-likeness (QED) is 0.633. The monoisotopic (exact) mass is 345 g/mol. The summed E-state index contributed by atoms with van der Waals surface area (Å²) in [7, 11) is 0. The zero-order valence-corrected chi connectivity index (χ0v) is 14.1. The molecule has 0 unspecified atom stereocenters. The topological polar surface area (TPSA) is 84.2 Å². The molecule has 3 aromatic carbocycles. The summed E-state index contributed by atoms with van der Waals surface area (Å²) in [5, 5.41) is 5.22. The number of imide groups is 1. The number of anilines is 1. The molecule has 0 radical (unpaired) electrons. The second-order valence-corrected chi connectivity index (χ2v) is 5.80. The Morgan fingerprint density at radius 2 is 1.23 bits per heavy atom. The first-order valence-electron chi connectivity index (χ1n) is 8.21. The van der Waals surface area contributed by atoms with E-state index < -0.39 is 11.9 Å². The number of carbonyl (C=O) groups excluding carboxylic acids is 2. The van der Waals surface area contributed by atoms with E-state index in [9.17, 15) is 9.59 Å². The molecule has 0 atom stereocenters. The Labute approximate surface area is 151 Å². The number of urea groups is 1. The zero-order chi connectivity index (χ0) is 18.4. The maximum absolute atomic E-state index is 12.4. The molecule has 0 heterocycles. The lowest BCUT2D eigenvalue weighted by molar-refractivity contribution is 0.0963. The molecule has 0 saturated heterocycles. The van der Waals surface area contributed by atoms with Crippen molar-refractivity contribution < 1.29 is 9.59 Å². The molecule has 0 aliphatic rings. The molecular formula is C21H19N3O2. The number of carbonyl (C=O) groups is 2. The minimum absolute atomic E-state index is 0.364. The molecule has 5 nitrogen and oxygen atoms in total. The van der Waals surface area contributed by atoms with Gasteiger partial charge in [-0.25, -0.2) is 4.79 Å². The van der Waals surface area contributed by atoms with E-state index in [1.165, 1.54) is 0 Å². The zero-order valence-electron chi connectivity index (χ0n) is 14.1. The van der Waals surface area contributed by atoms with E-state index in [1.54, 1.807) is 24.3 Å². The van der Waals surface area contributed by atoms with Crippen molar-refractivity contribution >= 4 is 17.6 Å². The standard InChI is InChI=1S/C21H19N3O2/c22-18-13-11-17(12-14-18)20(25)24-21(26)23-19(15-7-3-1-4-8-15)16-9-5-2-6-10-16/h1-14,19H,22H2,(H2,23,24,25,26). The average molecular weight is 345 g/mol. The minimum Gasteiger partial charge on any atom is -0.399 e. The Kier molecular flexibility index (Phi) is 5.29. The molecule has 3 amide bonds. The van der Waals surface area contributed by atoms with Crippen LogP contribution in [0.15, 0.2) is 84.9 Å². The molecule has 0 aromatic heterocycles. The summed E-state index contributed by atoms with van der Waals surface area (Å²) in [5.41, 5.74) is 8.38. The largest absolute Gasteiger partial charge is 0.399 e. The van der Waals surface area contributed by atoms with Gasteiger partial charge in [0.25, 0.3) is 5.91 Å². The van der Waals surface area contributed by atoms with Crippen molar-refractivity contribution in [2.75, 3.05) is 5.73 Å². The van der Waals surface area contributed by atoms with Gasteiger partial charge in [0, 0.05) is 11.3 Å². The van der Waals surface area contributed by atoms with Gasteiger partial charge < -0.3 is 11.1 Å². The smallest absolute Gasteiger partial charge is 0.322 e. The van der Waals surface area contributed by atoms with Gasteiger partial charge in [0.15, 0.2) is 0 Å². The number of amides is 3. The Hall–Kier alpha value is -3.60. The number of nitrogens with two attached hydrogens (primary N) is 1. The van der Waals surface area contributed by atoms with Crippen LogP contribution in [-0.4, -0.2) is 11.9 Å². The van der Waals surface area contributed by atoms with Crippen molar-refractivity contribution in [2.24, 2.45) is 0 Å². The van der Waals surface area contributed by atoms with E-state index in [0.29, 0.717) is 11.3 Å². The highest BCUT2D eigenvalue weighted by Gasteiger charge is 2.18. The molecule has 4 N–H and O–H groups in total. The van der Waals surface area contributed by atoms with Gasteiger partial charge in [-0.15, -0.1) is 0 Å². The fraction of sp³-hybridized carbons (Fsp3) is 0.0476. The van der Waals surface area contributed by atoms with Crippen molar-refractivity contribution in [3.05, 3.63) is 102 Å². The van der Waals surface area contributed by atoms with Crippen molar-refractivity contribution in [3.8, 4) is 0 Å². The summed E-state index contributed by atoms with van der Waals surface area (Å²) in [5.74, 6) is -0.484. The van der Waals surface area contributed by atoms with Gasteiger partial charge >= 0.3 is 6.03 Å². The highest BCUT2D eigenvalue weighted by molar-refractivity contribution is 6.04. The third kappa shape index (κ3) is 4.27. The Bertz CT molecular complexity index is 839. The fourth-order valence-electron chi connectivity index (χ4n) is 2.63. The Balaban J connectivity index is 1.75. The van der Waals surface area contributed by atoms with Crippen LogP contribution in [0.2, 0.25) is 0 Å². The molecule has 0 spiro atoms. The van der Waals surface area contributed by atoms with Crippen molar-refractivity contribution in [2.45, 2.75) is 6.04 Å². The number of nitrogens with one attached hydrogen (secondary N) is 2. The van der Waals surface area contributed by atoms with E-state index in [4.69, 9.17) is 5.73 Å². The van der Waals surface area contributed by atoms with Crippen LogP contribution in [-0.2, 0) is 0 Å². The first-order valence-corrected chi connectivity index (χ1v) is 8.21. The van der Waals surface area contributed by atoms with E-state index in [-0.39, 0.29) is 6.04 Å². The molecule has 0 aliphatic carbocycles. The van der Waals surface area contributed by atoms with Gasteiger partial charge in [0.2, 0.25) is 0 Å². The lowest BCUT2D eigenvalue weighted by Crippen LogP contribution is -2.41. The summed E-state index contributed by atoms with van der Waals surface area (Å²) in [4.78, 5) is 24.6. The van der Waals surface area contributed by atoms with Crippen molar-refractivity contribution in [3.63, 3.8) is 0 Å². The summed E-state index contributed by atoms with van der Waals surface area (Å²) < 4.78 is 0. The third-order valence-corrected chi connectivity index (χ3v) is 3.94. The van der Waals surface area contributed by atoms with Gasteiger partial charge in [-0.3, -0.25) is 10.1 Å². The summed E-state index contributed by atoms with van der Waals surface area (Å²) >= 11 is 0. The summed E-state index contributed by atoms with van der Waals surface area (Å²) in [6.45, 7) is 0. The van der Waals surface area contributed by atoms with Gasteiger partial charge in [0.05, 0.1) is 6.04 Å². The van der Waals surface area contributed by atoms with Crippen LogP contribution in [0.1, 0.15) is 27.5 Å². The van der Waals surface area contributed by atoms with Crippen LogP contribution in [0, 0.1) is 0 Å². The first kappa shape index (κ1) is 17.2. The molecule has 26 heavy (non-hydrogen) atoms.